The van der Waals surface area contributed by atoms with Crippen molar-refractivity contribution in [3.8, 4) is 11.5 Å². The Morgan fingerprint density at radius 2 is 1.97 bits per heavy atom. The lowest BCUT2D eigenvalue weighted by Crippen LogP contribution is -2.44. The maximum atomic E-state index is 12.6. The molecule has 1 aliphatic heterocycles. The van der Waals surface area contributed by atoms with Gasteiger partial charge >= 0.3 is 6.61 Å². The van der Waals surface area contributed by atoms with Crippen LogP contribution in [0.15, 0.2) is 53.5 Å². The fraction of sp³-hybridized carbons (Fsp3) is 0.409. The maximum absolute atomic E-state index is 12.6. The third-order valence-corrected chi connectivity index (χ3v) is 4.86. The van der Waals surface area contributed by atoms with Crippen LogP contribution in [0.1, 0.15) is 18.9 Å². The molecule has 31 heavy (non-hydrogen) atoms. The molecular formula is C22H29F2IN4O2. The first kappa shape index (κ1) is 25.0. The number of ether oxygens (including phenoxy) is 2. The Morgan fingerprint density at radius 3 is 2.65 bits per heavy atom. The summed E-state index contributed by atoms with van der Waals surface area (Å²) in [5, 5.41) is 6.73. The van der Waals surface area contributed by atoms with Crippen LogP contribution in [-0.4, -0.2) is 45.4 Å². The predicted molar refractivity (Wildman–Crippen MR) is 130 cm³/mol. The molecule has 0 aromatic heterocycles. The summed E-state index contributed by atoms with van der Waals surface area (Å²) in [4.78, 5) is 6.65. The van der Waals surface area contributed by atoms with Crippen molar-refractivity contribution >= 4 is 35.6 Å². The average molecular weight is 546 g/mol. The molecule has 2 aromatic rings. The molecule has 2 aromatic carbocycles. The van der Waals surface area contributed by atoms with Gasteiger partial charge in [-0.2, -0.15) is 8.78 Å². The van der Waals surface area contributed by atoms with Crippen molar-refractivity contribution in [1.82, 2.24) is 10.6 Å². The Bertz CT molecular complexity index is 840. The Morgan fingerprint density at radius 1 is 1.19 bits per heavy atom. The number of nitrogens with one attached hydrogen (secondary N) is 2. The Balaban J connectivity index is 0.00000341. The van der Waals surface area contributed by atoms with Gasteiger partial charge in [-0.25, -0.2) is 0 Å². The molecule has 1 fully saturated rings. The van der Waals surface area contributed by atoms with Crippen molar-refractivity contribution in [1.29, 1.82) is 0 Å². The zero-order chi connectivity index (χ0) is 21.3. The number of aliphatic imine (C=N–C) groups is 1. The molecule has 0 saturated carbocycles. The van der Waals surface area contributed by atoms with Crippen LogP contribution < -0.4 is 25.0 Å². The van der Waals surface area contributed by atoms with E-state index in [-0.39, 0.29) is 35.8 Å². The van der Waals surface area contributed by atoms with Crippen LogP contribution in [0.4, 0.5) is 14.5 Å². The van der Waals surface area contributed by atoms with Gasteiger partial charge in [0.15, 0.2) is 17.5 Å². The third-order valence-electron chi connectivity index (χ3n) is 4.86. The van der Waals surface area contributed by atoms with Crippen LogP contribution in [0.2, 0.25) is 0 Å². The van der Waals surface area contributed by atoms with Crippen molar-refractivity contribution in [2.24, 2.45) is 4.99 Å². The van der Waals surface area contributed by atoms with Crippen LogP contribution in [0.25, 0.3) is 0 Å². The molecule has 0 bridgehead atoms. The highest BCUT2D eigenvalue weighted by Crippen LogP contribution is 2.30. The Hall–Kier alpha value is -2.30. The van der Waals surface area contributed by atoms with Crippen LogP contribution in [0, 0.1) is 0 Å². The summed E-state index contributed by atoms with van der Waals surface area (Å²) in [7, 11) is 1.73. The van der Waals surface area contributed by atoms with Crippen LogP contribution in [-0.2, 0) is 6.54 Å². The first-order valence-corrected chi connectivity index (χ1v) is 10.1. The summed E-state index contributed by atoms with van der Waals surface area (Å²) >= 11 is 0. The zero-order valence-electron chi connectivity index (χ0n) is 17.7. The monoisotopic (exact) mass is 546 g/mol. The van der Waals surface area contributed by atoms with Crippen LogP contribution >= 0.6 is 24.0 Å². The van der Waals surface area contributed by atoms with Crippen molar-refractivity contribution < 1.29 is 18.3 Å². The smallest absolute Gasteiger partial charge is 0.387 e. The molecule has 1 heterocycles. The molecule has 170 valence electrons. The van der Waals surface area contributed by atoms with Crippen molar-refractivity contribution in [3.63, 3.8) is 0 Å². The quantitative estimate of drug-likeness (QED) is 0.295. The average Bonchev–Trinajstić information content (AvgIpc) is 3.22. The van der Waals surface area contributed by atoms with Crippen molar-refractivity contribution in [3.05, 3.63) is 54.1 Å². The van der Waals surface area contributed by atoms with E-state index in [0.717, 1.165) is 25.1 Å². The van der Waals surface area contributed by atoms with Crippen molar-refractivity contribution in [2.45, 2.75) is 32.5 Å². The summed E-state index contributed by atoms with van der Waals surface area (Å²) in [5.41, 5.74) is 2.10. The molecular weight excluding hydrogens is 517 g/mol. The molecule has 1 saturated heterocycles. The highest BCUT2D eigenvalue weighted by molar-refractivity contribution is 14.0. The second-order valence-corrected chi connectivity index (χ2v) is 6.93. The molecule has 6 nitrogen and oxygen atoms in total. The topological polar surface area (TPSA) is 58.1 Å². The number of rotatable bonds is 8. The van der Waals surface area contributed by atoms with Gasteiger partial charge in [0.1, 0.15) is 0 Å². The molecule has 3 rings (SSSR count). The van der Waals surface area contributed by atoms with Gasteiger partial charge in [-0.1, -0.05) is 24.3 Å². The van der Waals surface area contributed by atoms with Gasteiger partial charge in [-0.3, -0.25) is 4.99 Å². The number of nitrogens with zero attached hydrogens (tertiary/aromatic N) is 2. The van der Waals surface area contributed by atoms with Crippen LogP contribution in [0.3, 0.4) is 0 Å². The van der Waals surface area contributed by atoms with E-state index in [1.54, 1.807) is 26.1 Å². The number of alkyl halides is 2. The van der Waals surface area contributed by atoms with E-state index in [0.29, 0.717) is 24.9 Å². The molecule has 0 spiro atoms. The van der Waals surface area contributed by atoms with Gasteiger partial charge in [0.05, 0.1) is 6.61 Å². The summed E-state index contributed by atoms with van der Waals surface area (Å²) in [6.45, 7) is 1.63. The minimum Gasteiger partial charge on any atom is -0.490 e. The van der Waals surface area contributed by atoms with Gasteiger partial charge in [0.25, 0.3) is 0 Å². The number of hydrogen-bond acceptors (Lipinski definition) is 4. The highest BCUT2D eigenvalue weighted by Gasteiger charge is 2.23. The number of halogens is 3. The zero-order valence-corrected chi connectivity index (χ0v) is 20.0. The van der Waals surface area contributed by atoms with E-state index >= 15 is 0 Å². The minimum atomic E-state index is -2.89. The molecule has 1 unspecified atom stereocenters. The lowest BCUT2D eigenvalue weighted by atomic mass is 10.2. The standard InChI is InChI=1S/C22H28F2N4O2.HI/c1-3-29-20-13-16(9-10-19(20)30-21(23)24)14-26-22(25-2)27-17-11-12-28(15-17)18-7-5-4-6-8-18;/h4-10,13,17,21H,3,11-12,14-15H2,1-2H3,(H2,25,26,27);1H. The maximum Gasteiger partial charge on any atom is 0.387 e. The Labute approximate surface area is 199 Å². The fourth-order valence-electron chi connectivity index (χ4n) is 3.45. The normalized spacial score (nSPS) is 16.1. The second kappa shape index (κ2) is 12.5. The predicted octanol–water partition coefficient (Wildman–Crippen LogP) is 4.25. The second-order valence-electron chi connectivity index (χ2n) is 6.93. The van der Waals surface area contributed by atoms with Gasteiger partial charge in [0.2, 0.25) is 0 Å². The summed E-state index contributed by atoms with van der Waals surface area (Å²) in [5.74, 6) is 1.03. The molecule has 0 amide bonds. The van der Waals surface area contributed by atoms with Gasteiger partial charge in [-0.15, -0.1) is 24.0 Å². The molecule has 9 heteroatoms. The molecule has 1 aliphatic rings. The van der Waals surface area contributed by atoms with Gasteiger partial charge in [0, 0.05) is 38.4 Å². The Kier molecular flexibility index (Phi) is 10.1. The number of hydrogen-bond donors (Lipinski definition) is 2. The molecule has 1 atom stereocenters. The first-order valence-electron chi connectivity index (χ1n) is 10.1. The third kappa shape index (κ3) is 7.41. The van der Waals surface area contributed by atoms with Crippen LogP contribution in [0.5, 0.6) is 11.5 Å². The van der Waals surface area contributed by atoms with Gasteiger partial charge in [-0.05, 0) is 43.2 Å². The molecule has 0 radical (unpaired) electrons. The summed E-state index contributed by atoms with van der Waals surface area (Å²) in [6.07, 6.45) is 1.02. The van der Waals surface area contributed by atoms with E-state index in [1.807, 2.05) is 18.2 Å². The van der Waals surface area contributed by atoms with Crippen molar-refractivity contribution in [2.75, 3.05) is 31.6 Å². The summed E-state index contributed by atoms with van der Waals surface area (Å²) < 4.78 is 35.1. The molecule has 0 aliphatic carbocycles. The largest absolute Gasteiger partial charge is 0.490 e. The lowest BCUT2D eigenvalue weighted by molar-refractivity contribution is -0.0514. The lowest BCUT2D eigenvalue weighted by Gasteiger charge is -2.20. The highest BCUT2D eigenvalue weighted by atomic mass is 127. The number of benzene rings is 2. The SMILES string of the molecule is CCOc1cc(CNC(=NC)NC2CCN(c3ccccc3)C2)ccc1OC(F)F.I. The van der Waals surface area contributed by atoms with E-state index in [9.17, 15) is 8.78 Å². The van der Waals surface area contributed by atoms with Gasteiger partial charge < -0.3 is 25.0 Å². The van der Waals surface area contributed by atoms with E-state index in [2.05, 4.69) is 37.4 Å². The number of para-hydroxylation sites is 1. The number of anilines is 1. The summed E-state index contributed by atoms with van der Waals surface area (Å²) in [6, 6.07) is 15.6. The number of guanidine groups is 1. The fourth-order valence-corrected chi connectivity index (χ4v) is 3.45. The first-order chi connectivity index (χ1) is 14.6. The molecule has 2 N–H and O–H groups in total. The van der Waals surface area contributed by atoms with E-state index in [1.165, 1.54) is 11.8 Å². The minimum absolute atomic E-state index is 0. The van der Waals surface area contributed by atoms with E-state index in [4.69, 9.17) is 4.74 Å². The van der Waals surface area contributed by atoms with E-state index < -0.39 is 6.61 Å².